The lowest BCUT2D eigenvalue weighted by Gasteiger charge is -2.13. The minimum Gasteiger partial charge on any atom is -0.478 e. The molecule has 3 rings (SSSR count). The molecule has 3 N–H and O–H groups in total. The van der Waals surface area contributed by atoms with Crippen LogP contribution < -0.4 is 10.6 Å². The van der Waals surface area contributed by atoms with Crippen molar-refractivity contribution in [1.29, 1.82) is 0 Å². The van der Waals surface area contributed by atoms with Crippen molar-refractivity contribution < 1.29 is 19.5 Å². The molecule has 6 nitrogen and oxygen atoms in total. The van der Waals surface area contributed by atoms with Crippen molar-refractivity contribution in [3.05, 3.63) is 89.5 Å². The van der Waals surface area contributed by atoms with Gasteiger partial charge in [-0.05, 0) is 68.4 Å². The smallest absolute Gasteiger partial charge is 0.335 e. The Labute approximate surface area is 184 Å². The quantitative estimate of drug-likeness (QED) is 0.452. The molecule has 0 saturated carbocycles. The highest BCUT2D eigenvalue weighted by Gasteiger charge is 2.15. The molecule has 158 valence electrons. The van der Waals surface area contributed by atoms with Gasteiger partial charge >= 0.3 is 5.97 Å². The van der Waals surface area contributed by atoms with Gasteiger partial charge < -0.3 is 15.7 Å². The number of aryl methyl sites for hydroxylation is 1. The van der Waals surface area contributed by atoms with Gasteiger partial charge in [-0.2, -0.15) is 0 Å². The van der Waals surface area contributed by atoms with E-state index in [0.29, 0.717) is 16.9 Å². The van der Waals surface area contributed by atoms with Crippen LogP contribution >= 0.6 is 11.8 Å². The van der Waals surface area contributed by atoms with E-state index in [1.807, 2.05) is 31.2 Å². The molecule has 0 aromatic heterocycles. The molecule has 7 heteroatoms. The number of carbonyl (C=O) groups excluding carboxylic acids is 2. The number of aromatic carboxylic acids is 1. The molecule has 1 unspecified atom stereocenters. The molecule has 0 aliphatic heterocycles. The van der Waals surface area contributed by atoms with E-state index in [-0.39, 0.29) is 17.4 Å². The summed E-state index contributed by atoms with van der Waals surface area (Å²) in [5.74, 6) is -1.46. The fourth-order valence-electron chi connectivity index (χ4n) is 2.76. The van der Waals surface area contributed by atoms with Gasteiger partial charge in [0.2, 0.25) is 5.91 Å². The molecular formula is C24H22N2O4S. The van der Waals surface area contributed by atoms with E-state index in [2.05, 4.69) is 10.6 Å². The second-order valence-electron chi connectivity index (χ2n) is 6.98. The van der Waals surface area contributed by atoms with Gasteiger partial charge in [0.15, 0.2) is 0 Å². The van der Waals surface area contributed by atoms with Crippen molar-refractivity contribution in [2.75, 3.05) is 10.6 Å². The van der Waals surface area contributed by atoms with Crippen molar-refractivity contribution in [3.63, 3.8) is 0 Å². The molecule has 2 amide bonds. The van der Waals surface area contributed by atoms with Gasteiger partial charge in [0, 0.05) is 21.8 Å². The molecule has 0 radical (unpaired) electrons. The third-order valence-corrected chi connectivity index (χ3v) is 5.60. The molecule has 0 bridgehead atoms. The number of carbonyl (C=O) groups is 3. The summed E-state index contributed by atoms with van der Waals surface area (Å²) in [5, 5.41) is 14.2. The Hall–Kier alpha value is -3.58. The maximum atomic E-state index is 12.5. The van der Waals surface area contributed by atoms with Gasteiger partial charge in [0.05, 0.1) is 10.8 Å². The Morgan fingerprint density at radius 1 is 0.839 bits per heavy atom. The predicted octanol–water partition coefficient (Wildman–Crippen LogP) is 5.06. The monoisotopic (exact) mass is 434 g/mol. The van der Waals surface area contributed by atoms with Crippen LogP contribution in [0.1, 0.15) is 33.2 Å². The zero-order chi connectivity index (χ0) is 22.4. The molecule has 0 saturated heterocycles. The lowest BCUT2D eigenvalue weighted by atomic mass is 10.1. The summed E-state index contributed by atoms with van der Waals surface area (Å²) in [6.45, 7) is 3.74. The Morgan fingerprint density at radius 2 is 1.52 bits per heavy atom. The number of hydrogen-bond acceptors (Lipinski definition) is 4. The minimum absolute atomic E-state index is 0.112. The molecule has 3 aromatic carbocycles. The van der Waals surface area contributed by atoms with Crippen LogP contribution in [0.3, 0.4) is 0 Å². The zero-order valence-corrected chi connectivity index (χ0v) is 17.9. The van der Waals surface area contributed by atoms with E-state index in [9.17, 15) is 14.4 Å². The molecule has 31 heavy (non-hydrogen) atoms. The number of hydrogen-bond donors (Lipinski definition) is 3. The number of rotatable bonds is 7. The SMILES string of the molecule is Cc1ccc(C(=O)Nc2ccc(SC(C)C(=O)Nc3cccc(C(=O)O)c3)cc2)cc1. The summed E-state index contributed by atoms with van der Waals surface area (Å²) in [7, 11) is 0. The van der Waals surface area contributed by atoms with Crippen molar-refractivity contribution in [1.82, 2.24) is 0 Å². The molecule has 1 atom stereocenters. The highest BCUT2D eigenvalue weighted by atomic mass is 32.2. The summed E-state index contributed by atoms with van der Waals surface area (Å²) < 4.78 is 0. The van der Waals surface area contributed by atoms with E-state index in [1.165, 1.54) is 23.9 Å². The largest absolute Gasteiger partial charge is 0.478 e. The van der Waals surface area contributed by atoms with Crippen molar-refractivity contribution in [2.45, 2.75) is 24.0 Å². The number of carboxylic acid groups (broad SMARTS) is 1. The summed E-state index contributed by atoms with van der Waals surface area (Å²) in [6, 6.07) is 20.7. The summed E-state index contributed by atoms with van der Waals surface area (Å²) in [5.41, 5.74) is 2.89. The van der Waals surface area contributed by atoms with E-state index in [1.54, 1.807) is 43.3 Å². The molecule has 0 spiro atoms. The maximum absolute atomic E-state index is 12.5. The van der Waals surface area contributed by atoms with Crippen LogP contribution in [-0.4, -0.2) is 28.1 Å². The van der Waals surface area contributed by atoms with Crippen LogP contribution in [0.15, 0.2) is 77.7 Å². The number of amides is 2. The lowest BCUT2D eigenvalue weighted by Crippen LogP contribution is -2.22. The number of carboxylic acids is 1. The Balaban J connectivity index is 1.56. The standard InChI is InChI=1S/C24H22N2O4S/c1-15-6-8-17(9-7-15)23(28)25-19-10-12-21(13-11-19)31-16(2)22(27)26-20-5-3-4-18(14-20)24(29)30/h3-14,16H,1-2H3,(H,25,28)(H,26,27)(H,29,30). The number of benzene rings is 3. The molecule has 0 fully saturated rings. The first-order valence-corrected chi connectivity index (χ1v) is 10.5. The Morgan fingerprint density at radius 3 is 2.16 bits per heavy atom. The first-order valence-electron chi connectivity index (χ1n) is 9.61. The predicted molar refractivity (Wildman–Crippen MR) is 123 cm³/mol. The molecule has 3 aromatic rings. The zero-order valence-electron chi connectivity index (χ0n) is 17.1. The fraction of sp³-hybridized carbons (Fsp3) is 0.125. The first-order chi connectivity index (χ1) is 14.8. The van der Waals surface area contributed by atoms with E-state index >= 15 is 0 Å². The van der Waals surface area contributed by atoms with Crippen molar-refractivity contribution >= 4 is 40.9 Å². The minimum atomic E-state index is -1.05. The maximum Gasteiger partial charge on any atom is 0.335 e. The van der Waals surface area contributed by atoms with Crippen molar-refractivity contribution in [3.8, 4) is 0 Å². The van der Waals surface area contributed by atoms with Crippen LogP contribution in [0.2, 0.25) is 0 Å². The average molecular weight is 435 g/mol. The van der Waals surface area contributed by atoms with Crippen LogP contribution in [0.5, 0.6) is 0 Å². The highest BCUT2D eigenvalue weighted by molar-refractivity contribution is 8.00. The molecule has 0 aliphatic rings. The van der Waals surface area contributed by atoms with E-state index in [0.717, 1.165) is 10.5 Å². The Bertz CT molecular complexity index is 1100. The third kappa shape index (κ3) is 6.20. The van der Waals surface area contributed by atoms with Gasteiger partial charge in [-0.3, -0.25) is 9.59 Å². The lowest BCUT2D eigenvalue weighted by molar-refractivity contribution is -0.115. The molecule has 0 heterocycles. The third-order valence-electron chi connectivity index (χ3n) is 4.49. The van der Waals surface area contributed by atoms with Crippen LogP contribution in [0.4, 0.5) is 11.4 Å². The van der Waals surface area contributed by atoms with E-state index in [4.69, 9.17) is 5.11 Å². The summed E-state index contributed by atoms with van der Waals surface area (Å²) >= 11 is 1.37. The van der Waals surface area contributed by atoms with Crippen LogP contribution in [0, 0.1) is 6.92 Å². The van der Waals surface area contributed by atoms with E-state index < -0.39 is 11.2 Å². The van der Waals surface area contributed by atoms with Gasteiger partial charge in [-0.15, -0.1) is 11.8 Å². The number of thioether (sulfide) groups is 1. The fourth-order valence-corrected chi connectivity index (χ4v) is 3.62. The second kappa shape index (κ2) is 9.95. The van der Waals surface area contributed by atoms with Gasteiger partial charge in [-0.25, -0.2) is 4.79 Å². The van der Waals surface area contributed by atoms with Crippen LogP contribution in [-0.2, 0) is 4.79 Å². The van der Waals surface area contributed by atoms with Gasteiger partial charge in [0.1, 0.15) is 0 Å². The van der Waals surface area contributed by atoms with Gasteiger partial charge in [-0.1, -0.05) is 23.8 Å². The summed E-state index contributed by atoms with van der Waals surface area (Å²) in [6.07, 6.45) is 0. The second-order valence-corrected chi connectivity index (χ2v) is 8.39. The number of anilines is 2. The van der Waals surface area contributed by atoms with Crippen molar-refractivity contribution in [2.24, 2.45) is 0 Å². The molecule has 0 aliphatic carbocycles. The average Bonchev–Trinajstić information content (AvgIpc) is 2.75. The molecular weight excluding hydrogens is 412 g/mol. The van der Waals surface area contributed by atoms with Crippen LogP contribution in [0.25, 0.3) is 0 Å². The number of nitrogens with one attached hydrogen (secondary N) is 2. The highest BCUT2D eigenvalue weighted by Crippen LogP contribution is 2.26. The first kappa shape index (κ1) is 22.1. The van der Waals surface area contributed by atoms with Gasteiger partial charge in [0.25, 0.3) is 5.91 Å². The summed E-state index contributed by atoms with van der Waals surface area (Å²) in [4.78, 5) is 36.7. The topological polar surface area (TPSA) is 95.5 Å². The Kier molecular flexibility index (Phi) is 7.10. The normalized spacial score (nSPS) is 11.4.